The maximum absolute atomic E-state index is 13.1. The third-order valence-corrected chi connectivity index (χ3v) is 7.49. The summed E-state index contributed by atoms with van der Waals surface area (Å²) in [6, 6.07) is 16.1. The number of carbonyl (C=O) groups is 2. The minimum Gasteiger partial charge on any atom is -0.484 e. The number of rotatable bonds is 8. The van der Waals surface area contributed by atoms with Crippen LogP contribution in [0.3, 0.4) is 0 Å². The number of hydrogen-bond donors (Lipinski definition) is 1. The van der Waals surface area contributed by atoms with Crippen molar-refractivity contribution in [1.82, 2.24) is 14.5 Å². The number of nitrogens with one attached hydrogen (secondary N) is 1. The quantitative estimate of drug-likeness (QED) is 0.608. The lowest BCUT2D eigenvalue weighted by Gasteiger charge is -2.36. The van der Waals surface area contributed by atoms with Crippen molar-refractivity contribution in [3.8, 4) is 11.8 Å². The molecule has 1 heterocycles. The second-order valence-corrected chi connectivity index (χ2v) is 10.1. The van der Waals surface area contributed by atoms with E-state index in [1.165, 1.54) is 16.4 Å². The van der Waals surface area contributed by atoms with Gasteiger partial charge in [-0.3, -0.25) is 9.59 Å². The van der Waals surface area contributed by atoms with Crippen LogP contribution in [0, 0.1) is 17.2 Å². The van der Waals surface area contributed by atoms with Crippen LogP contribution in [0.15, 0.2) is 59.5 Å². The molecule has 1 aliphatic rings. The molecular weight excluding hydrogens is 456 g/mol. The van der Waals surface area contributed by atoms with Gasteiger partial charge >= 0.3 is 0 Å². The molecular formula is C24H28N4O5S. The first-order chi connectivity index (χ1) is 16.2. The SMILES string of the molecule is CC(C)[C@H](NC(=O)COc1ccccc1)C(=O)N1CCN(S(=O)(=O)c2ccccc2C#N)CC1. The molecule has 0 aliphatic carbocycles. The van der Waals surface area contributed by atoms with Gasteiger partial charge in [0.15, 0.2) is 6.61 Å². The Labute approximate surface area is 200 Å². The first-order valence-corrected chi connectivity index (χ1v) is 12.4. The van der Waals surface area contributed by atoms with E-state index in [1.807, 2.05) is 26.0 Å². The second kappa shape index (κ2) is 11.1. The van der Waals surface area contributed by atoms with Crippen LogP contribution in [0.2, 0.25) is 0 Å². The van der Waals surface area contributed by atoms with Gasteiger partial charge in [-0.1, -0.05) is 44.2 Å². The summed E-state index contributed by atoms with van der Waals surface area (Å²) in [5.41, 5.74) is 0.0845. The van der Waals surface area contributed by atoms with E-state index in [4.69, 9.17) is 4.74 Å². The van der Waals surface area contributed by atoms with Gasteiger partial charge in [0.2, 0.25) is 15.9 Å². The number of nitrogens with zero attached hydrogens (tertiary/aromatic N) is 3. The molecule has 3 rings (SSSR count). The molecule has 1 N–H and O–H groups in total. The van der Waals surface area contributed by atoms with Crippen molar-refractivity contribution in [3.05, 3.63) is 60.2 Å². The Morgan fingerprint density at radius 2 is 1.65 bits per heavy atom. The zero-order valence-electron chi connectivity index (χ0n) is 19.2. The monoisotopic (exact) mass is 484 g/mol. The van der Waals surface area contributed by atoms with Crippen LogP contribution >= 0.6 is 0 Å². The molecule has 0 saturated carbocycles. The zero-order chi connectivity index (χ0) is 24.7. The summed E-state index contributed by atoms with van der Waals surface area (Å²) >= 11 is 0. The number of para-hydroxylation sites is 1. The predicted molar refractivity (Wildman–Crippen MR) is 125 cm³/mol. The Morgan fingerprint density at radius 1 is 1.03 bits per heavy atom. The summed E-state index contributed by atoms with van der Waals surface area (Å²) in [5, 5.41) is 12.0. The first-order valence-electron chi connectivity index (χ1n) is 11.0. The molecule has 1 fully saturated rings. The third-order valence-electron chi connectivity index (χ3n) is 5.54. The summed E-state index contributed by atoms with van der Waals surface area (Å²) in [7, 11) is -3.86. The largest absolute Gasteiger partial charge is 0.484 e. The van der Waals surface area contributed by atoms with Gasteiger partial charge in [0, 0.05) is 26.2 Å². The number of ether oxygens (including phenoxy) is 1. The number of nitriles is 1. The molecule has 0 spiro atoms. The molecule has 180 valence electrons. The van der Waals surface area contributed by atoms with Crippen molar-refractivity contribution in [1.29, 1.82) is 5.26 Å². The van der Waals surface area contributed by atoms with E-state index in [2.05, 4.69) is 5.32 Å². The fourth-order valence-corrected chi connectivity index (χ4v) is 5.23. The Bertz CT molecular complexity index is 1150. The zero-order valence-corrected chi connectivity index (χ0v) is 20.0. The van der Waals surface area contributed by atoms with Gasteiger partial charge in [-0.05, 0) is 30.2 Å². The minimum absolute atomic E-state index is 0.0389. The lowest BCUT2D eigenvalue weighted by Crippen LogP contribution is -2.57. The number of hydrogen-bond acceptors (Lipinski definition) is 6. The molecule has 1 atom stereocenters. The molecule has 2 amide bonds. The van der Waals surface area contributed by atoms with Crippen LogP contribution in [-0.4, -0.2) is 68.3 Å². The highest BCUT2D eigenvalue weighted by Crippen LogP contribution is 2.21. The van der Waals surface area contributed by atoms with Gasteiger partial charge in [0.05, 0.1) is 10.5 Å². The van der Waals surface area contributed by atoms with E-state index in [9.17, 15) is 23.3 Å². The van der Waals surface area contributed by atoms with E-state index in [1.54, 1.807) is 41.3 Å². The van der Waals surface area contributed by atoms with E-state index in [0.29, 0.717) is 5.75 Å². The summed E-state index contributed by atoms with van der Waals surface area (Å²) in [5.74, 6) is -0.291. The molecule has 9 nitrogen and oxygen atoms in total. The van der Waals surface area contributed by atoms with E-state index < -0.39 is 22.0 Å². The molecule has 10 heteroatoms. The van der Waals surface area contributed by atoms with Gasteiger partial charge in [0.25, 0.3) is 5.91 Å². The fourth-order valence-electron chi connectivity index (χ4n) is 3.66. The Kier molecular flexibility index (Phi) is 8.26. The number of carbonyl (C=O) groups excluding carboxylic acids is 2. The van der Waals surface area contributed by atoms with Gasteiger partial charge in [-0.2, -0.15) is 9.57 Å². The highest BCUT2D eigenvalue weighted by atomic mass is 32.2. The van der Waals surface area contributed by atoms with Crippen LogP contribution in [0.25, 0.3) is 0 Å². The van der Waals surface area contributed by atoms with Crippen molar-refractivity contribution >= 4 is 21.8 Å². The number of amides is 2. The predicted octanol–water partition coefficient (Wildman–Crippen LogP) is 1.61. The summed E-state index contributed by atoms with van der Waals surface area (Å²) in [6.07, 6.45) is 0. The topological polar surface area (TPSA) is 120 Å². The smallest absolute Gasteiger partial charge is 0.258 e. The normalized spacial score (nSPS) is 15.4. The minimum atomic E-state index is -3.86. The van der Waals surface area contributed by atoms with E-state index >= 15 is 0 Å². The maximum atomic E-state index is 13.1. The van der Waals surface area contributed by atoms with Gasteiger partial charge in [-0.25, -0.2) is 8.42 Å². The average Bonchev–Trinajstić information content (AvgIpc) is 2.86. The van der Waals surface area contributed by atoms with Crippen LogP contribution in [-0.2, 0) is 19.6 Å². The second-order valence-electron chi connectivity index (χ2n) is 8.23. The van der Waals surface area contributed by atoms with Crippen molar-refractivity contribution in [2.75, 3.05) is 32.8 Å². The molecule has 0 aromatic heterocycles. The lowest BCUT2D eigenvalue weighted by atomic mass is 10.0. The van der Waals surface area contributed by atoms with Crippen LogP contribution in [0.5, 0.6) is 5.75 Å². The van der Waals surface area contributed by atoms with Crippen LogP contribution in [0.1, 0.15) is 19.4 Å². The molecule has 2 aromatic carbocycles. The molecule has 0 bridgehead atoms. The van der Waals surface area contributed by atoms with E-state index in [-0.39, 0.29) is 55.1 Å². The van der Waals surface area contributed by atoms with Crippen molar-refractivity contribution < 1.29 is 22.7 Å². The standard InChI is InChI=1S/C24H28N4O5S/c1-18(2)23(26-22(29)17-33-20-9-4-3-5-10-20)24(30)27-12-14-28(15-13-27)34(31,32)21-11-7-6-8-19(21)16-25/h3-11,18,23H,12-15,17H2,1-2H3,(H,26,29)/t23-/m0/s1. The van der Waals surface area contributed by atoms with Gasteiger partial charge in [0.1, 0.15) is 17.9 Å². The van der Waals surface area contributed by atoms with Crippen molar-refractivity contribution in [3.63, 3.8) is 0 Å². The molecule has 34 heavy (non-hydrogen) atoms. The Balaban J connectivity index is 1.60. The summed E-state index contributed by atoms with van der Waals surface area (Å²) in [6.45, 7) is 4.03. The highest BCUT2D eigenvalue weighted by molar-refractivity contribution is 7.89. The van der Waals surface area contributed by atoms with Crippen LogP contribution in [0.4, 0.5) is 0 Å². The molecule has 2 aromatic rings. The molecule has 1 saturated heterocycles. The third kappa shape index (κ3) is 5.92. The van der Waals surface area contributed by atoms with E-state index in [0.717, 1.165) is 0 Å². The first kappa shape index (κ1) is 25.2. The average molecular weight is 485 g/mol. The van der Waals surface area contributed by atoms with Gasteiger partial charge in [-0.15, -0.1) is 0 Å². The fraction of sp³-hybridized carbons (Fsp3) is 0.375. The number of piperazine rings is 1. The summed E-state index contributed by atoms with van der Waals surface area (Å²) in [4.78, 5) is 27.1. The van der Waals surface area contributed by atoms with Gasteiger partial charge < -0.3 is 15.0 Å². The molecule has 0 unspecified atom stereocenters. The number of benzene rings is 2. The Hall–Kier alpha value is -3.42. The molecule has 1 aliphatic heterocycles. The van der Waals surface area contributed by atoms with Crippen molar-refractivity contribution in [2.24, 2.45) is 5.92 Å². The molecule has 0 radical (unpaired) electrons. The lowest BCUT2D eigenvalue weighted by molar-refractivity contribution is -0.139. The highest BCUT2D eigenvalue weighted by Gasteiger charge is 2.35. The number of sulfonamides is 1. The van der Waals surface area contributed by atoms with Crippen molar-refractivity contribution in [2.45, 2.75) is 24.8 Å². The Morgan fingerprint density at radius 3 is 2.26 bits per heavy atom. The summed E-state index contributed by atoms with van der Waals surface area (Å²) < 4.78 is 32.8. The van der Waals surface area contributed by atoms with Crippen LogP contribution < -0.4 is 10.1 Å². The maximum Gasteiger partial charge on any atom is 0.258 e.